The molecule has 6 nitrogen and oxygen atoms in total. The van der Waals surface area contributed by atoms with Gasteiger partial charge < -0.3 is 25.0 Å². The predicted octanol–water partition coefficient (Wildman–Crippen LogP) is 0.0871. The van der Waals surface area contributed by atoms with Gasteiger partial charge in [0.2, 0.25) is 5.91 Å². The van der Waals surface area contributed by atoms with Crippen molar-refractivity contribution in [3.8, 4) is 0 Å². The van der Waals surface area contributed by atoms with Gasteiger partial charge in [-0.1, -0.05) is 0 Å². The summed E-state index contributed by atoms with van der Waals surface area (Å²) >= 11 is 0. The van der Waals surface area contributed by atoms with Gasteiger partial charge in [-0.25, -0.2) is 0 Å². The number of nitrogens with zero attached hydrogens (tertiary/aromatic N) is 1. The number of carbonyl (C=O) groups is 1. The molecule has 0 aromatic carbocycles. The van der Waals surface area contributed by atoms with Crippen molar-refractivity contribution in [1.29, 1.82) is 0 Å². The minimum atomic E-state index is -0.345. The second-order valence-corrected chi connectivity index (χ2v) is 5.87. The summed E-state index contributed by atoms with van der Waals surface area (Å²) in [5.74, 6) is 0.144. The third-order valence-corrected chi connectivity index (χ3v) is 4.14. The van der Waals surface area contributed by atoms with Crippen LogP contribution in [0.4, 0.5) is 0 Å². The van der Waals surface area contributed by atoms with Gasteiger partial charge in [0.25, 0.3) is 0 Å². The van der Waals surface area contributed by atoms with Crippen molar-refractivity contribution < 1.29 is 14.3 Å². The first-order chi connectivity index (χ1) is 10.1. The van der Waals surface area contributed by atoms with Gasteiger partial charge in [-0.3, -0.25) is 4.79 Å². The summed E-state index contributed by atoms with van der Waals surface area (Å²) in [7, 11) is 5.45. The largest absolute Gasteiger partial charge is 0.384 e. The van der Waals surface area contributed by atoms with E-state index in [1.807, 2.05) is 0 Å². The lowest BCUT2D eigenvalue weighted by molar-refractivity contribution is -0.136. The van der Waals surface area contributed by atoms with Crippen LogP contribution in [0.15, 0.2) is 0 Å². The minimum absolute atomic E-state index is 0.144. The molecule has 1 fully saturated rings. The van der Waals surface area contributed by atoms with Crippen LogP contribution in [0.3, 0.4) is 0 Å². The number of ether oxygens (including phenoxy) is 2. The molecule has 0 atom stereocenters. The average Bonchev–Trinajstić information content (AvgIpc) is 2.50. The molecule has 0 bridgehead atoms. The number of methoxy groups -OCH3 is 2. The molecule has 124 valence electrons. The maximum atomic E-state index is 12.5. The average molecular weight is 301 g/mol. The molecule has 0 aromatic rings. The molecule has 21 heavy (non-hydrogen) atoms. The maximum Gasteiger partial charge on any atom is 0.228 e. The molecule has 0 spiro atoms. The highest BCUT2D eigenvalue weighted by molar-refractivity contribution is 5.82. The molecule has 0 radical (unpaired) electrons. The number of amides is 1. The van der Waals surface area contributed by atoms with Crippen LogP contribution >= 0.6 is 0 Å². The highest BCUT2D eigenvalue weighted by atomic mass is 16.5. The summed E-state index contributed by atoms with van der Waals surface area (Å²) in [4.78, 5) is 14.7. The standard InChI is InChI=1S/C15H31N3O3/c1-18(11-12-20-2)10-4-7-17-14(19)15(13-21-3)5-8-16-9-6-15/h16H,4-13H2,1-3H3,(H,17,19). The Bertz CT molecular complexity index is 288. The van der Waals surface area contributed by atoms with Crippen LogP contribution in [0.2, 0.25) is 0 Å². The second-order valence-electron chi connectivity index (χ2n) is 5.87. The normalized spacial score (nSPS) is 17.9. The molecule has 0 saturated carbocycles. The first kappa shape index (κ1) is 18.4. The molecular formula is C15H31N3O3. The number of piperidine rings is 1. The van der Waals surface area contributed by atoms with E-state index in [4.69, 9.17) is 9.47 Å². The number of likely N-dealkylation sites (N-methyl/N-ethyl adjacent to an activating group) is 1. The van der Waals surface area contributed by atoms with Gasteiger partial charge in [0.05, 0.1) is 18.6 Å². The van der Waals surface area contributed by atoms with Crippen LogP contribution in [-0.2, 0) is 14.3 Å². The Balaban J connectivity index is 2.27. The molecule has 1 saturated heterocycles. The van der Waals surface area contributed by atoms with E-state index in [1.54, 1.807) is 14.2 Å². The number of nitrogens with one attached hydrogen (secondary N) is 2. The van der Waals surface area contributed by atoms with E-state index in [0.29, 0.717) is 6.61 Å². The van der Waals surface area contributed by atoms with Gasteiger partial charge in [-0.05, 0) is 45.9 Å². The highest BCUT2D eigenvalue weighted by Gasteiger charge is 2.39. The minimum Gasteiger partial charge on any atom is -0.384 e. The SMILES string of the molecule is COCCN(C)CCCNC(=O)C1(COC)CCNCC1. The summed E-state index contributed by atoms with van der Waals surface area (Å²) in [6.45, 7) is 5.62. The Kier molecular flexibility index (Phi) is 8.84. The molecule has 1 amide bonds. The predicted molar refractivity (Wildman–Crippen MR) is 83.4 cm³/mol. The third-order valence-electron chi connectivity index (χ3n) is 4.14. The lowest BCUT2D eigenvalue weighted by Crippen LogP contribution is -2.50. The van der Waals surface area contributed by atoms with E-state index in [1.165, 1.54) is 0 Å². The van der Waals surface area contributed by atoms with Crippen molar-refractivity contribution in [3.05, 3.63) is 0 Å². The number of hydrogen-bond acceptors (Lipinski definition) is 5. The fourth-order valence-electron chi connectivity index (χ4n) is 2.72. The third kappa shape index (κ3) is 6.30. The number of rotatable bonds is 10. The lowest BCUT2D eigenvalue weighted by Gasteiger charge is -2.35. The lowest BCUT2D eigenvalue weighted by atomic mass is 9.78. The van der Waals surface area contributed by atoms with Crippen molar-refractivity contribution in [2.45, 2.75) is 19.3 Å². The van der Waals surface area contributed by atoms with E-state index >= 15 is 0 Å². The fourth-order valence-corrected chi connectivity index (χ4v) is 2.72. The Hall–Kier alpha value is -0.690. The van der Waals surface area contributed by atoms with Crippen LogP contribution in [0.25, 0.3) is 0 Å². The highest BCUT2D eigenvalue weighted by Crippen LogP contribution is 2.29. The van der Waals surface area contributed by atoms with Crippen LogP contribution in [0.5, 0.6) is 0 Å². The van der Waals surface area contributed by atoms with E-state index in [0.717, 1.165) is 58.6 Å². The van der Waals surface area contributed by atoms with Crippen LogP contribution in [0, 0.1) is 5.41 Å². The first-order valence-corrected chi connectivity index (χ1v) is 7.80. The molecule has 1 rings (SSSR count). The summed E-state index contributed by atoms with van der Waals surface area (Å²) in [6.07, 6.45) is 2.65. The number of carbonyl (C=O) groups excluding carboxylic acids is 1. The zero-order chi connectivity index (χ0) is 15.6. The van der Waals surface area contributed by atoms with Gasteiger partial charge in [0, 0.05) is 27.3 Å². The van der Waals surface area contributed by atoms with Crippen LogP contribution in [-0.4, -0.2) is 78.0 Å². The molecule has 1 aliphatic heterocycles. The van der Waals surface area contributed by atoms with E-state index in [9.17, 15) is 4.79 Å². The summed E-state index contributed by atoms with van der Waals surface area (Å²) in [5, 5.41) is 6.39. The Labute approximate surface area is 128 Å². The molecule has 6 heteroatoms. The van der Waals surface area contributed by atoms with Crippen molar-refractivity contribution >= 4 is 5.91 Å². The maximum absolute atomic E-state index is 12.5. The molecular weight excluding hydrogens is 270 g/mol. The molecule has 0 aromatic heterocycles. The fraction of sp³-hybridized carbons (Fsp3) is 0.933. The molecule has 1 aliphatic rings. The number of hydrogen-bond donors (Lipinski definition) is 2. The van der Waals surface area contributed by atoms with E-state index in [2.05, 4.69) is 22.6 Å². The van der Waals surface area contributed by atoms with Gasteiger partial charge in [0.1, 0.15) is 0 Å². The Morgan fingerprint density at radius 2 is 1.95 bits per heavy atom. The molecule has 2 N–H and O–H groups in total. The molecule has 0 aliphatic carbocycles. The van der Waals surface area contributed by atoms with Gasteiger partial charge in [-0.2, -0.15) is 0 Å². The Morgan fingerprint density at radius 3 is 2.57 bits per heavy atom. The van der Waals surface area contributed by atoms with Gasteiger partial charge in [-0.15, -0.1) is 0 Å². The van der Waals surface area contributed by atoms with E-state index in [-0.39, 0.29) is 11.3 Å². The summed E-state index contributed by atoms with van der Waals surface area (Å²) in [6, 6.07) is 0. The zero-order valence-electron chi connectivity index (χ0n) is 13.7. The summed E-state index contributed by atoms with van der Waals surface area (Å²) in [5.41, 5.74) is -0.345. The summed E-state index contributed by atoms with van der Waals surface area (Å²) < 4.78 is 10.3. The van der Waals surface area contributed by atoms with Crippen molar-refractivity contribution in [2.24, 2.45) is 5.41 Å². The van der Waals surface area contributed by atoms with Crippen molar-refractivity contribution in [1.82, 2.24) is 15.5 Å². The topological polar surface area (TPSA) is 62.8 Å². The smallest absolute Gasteiger partial charge is 0.228 e. The monoisotopic (exact) mass is 301 g/mol. The van der Waals surface area contributed by atoms with Gasteiger partial charge in [0.15, 0.2) is 0 Å². The van der Waals surface area contributed by atoms with E-state index < -0.39 is 0 Å². The second kappa shape index (κ2) is 10.1. The van der Waals surface area contributed by atoms with Crippen molar-refractivity contribution in [3.63, 3.8) is 0 Å². The van der Waals surface area contributed by atoms with Gasteiger partial charge >= 0.3 is 0 Å². The van der Waals surface area contributed by atoms with Crippen LogP contribution < -0.4 is 10.6 Å². The zero-order valence-corrected chi connectivity index (χ0v) is 13.7. The quantitative estimate of drug-likeness (QED) is 0.560. The first-order valence-electron chi connectivity index (χ1n) is 7.80. The molecule has 0 unspecified atom stereocenters. The molecule has 1 heterocycles. The van der Waals surface area contributed by atoms with Crippen LogP contribution in [0.1, 0.15) is 19.3 Å². The Morgan fingerprint density at radius 1 is 1.24 bits per heavy atom. The van der Waals surface area contributed by atoms with Crippen molar-refractivity contribution in [2.75, 3.05) is 67.2 Å².